The first-order valence-corrected chi connectivity index (χ1v) is 6.49. The number of aromatic nitrogens is 2. The van der Waals surface area contributed by atoms with Crippen LogP contribution in [-0.4, -0.2) is 22.2 Å². The largest absolute Gasteiger partial charge is 0.507 e. The molecule has 3 aromatic rings. The number of imidazole rings is 1. The van der Waals surface area contributed by atoms with E-state index in [-0.39, 0.29) is 5.75 Å². The fraction of sp³-hybridized carbons (Fsp3) is 0.0714. The van der Waals surface area contributed by atoms with Crippen LogP contribution in [0.15, 0.2) is 40.9 Å². The molecule has 0 saturated heterocycles. The molecule has 2 N–H and O–H groups in total. The minimum Gasteiger partial charge on any atom is -0.507 e. The van der Waals surface area contributed by atoms with Gasteiger partial charge >= 0.3 is 0 Å². The summed E-state index contributed by atoms with van der Waals surface area (Å²) in [5, 5.41) is 9.50. The molecule has 0 fully saturated rings. The van der Waals surface area contributed by atoms with Crippen LogP contribution >= 0.6 is 15.9 Å². The Morgan fingerprint density at radius 1 is 1.21 bits per heavy atom. The van der Waals surface area contributed by atoms with Crippen LogP contribution in [0.3, 0.4) is 0 Å². The van der Waals surface area contributed by atoms with Crippen LogP contribution in [0.4, 0.5) is 0 Å². The zero-order chi connectivity index (χ0) is 13.4. The second-order valence-electron chi connectivity index (χ2n) is 4.13. The van der Waals surface area contributed by atoms with Crippen molar-refractivity contribution < 1.29 is 9.84 Å². The molecule has 4 nitrogen and oxygen atoms in total. The molecule has 0 spiro atoms. The first kappa shape index (κ1) is 12.0. The number of nitrogens with one attached hydrogen (secondary N) is 1. The first-order chi connectivity index (χ1) is 9.17. The molecule has 3 rings (SSSR count). The molecule has 96 valence electrons. The monoisotopic (exact) mass is 318 g/mol. The average Bonchev–Trinajstić information content (AvgIpc) is 2.84. The van der Waals surface area contributed by atoms with Crippen molar-refractivity contribution >= 4 is 27.0 Å². The highest BCUT2D eigenvalue weighted by Gasteiger charge is 2.08. The van der Waals surface area contributed by atoms with Gasteiger partial charge in [-0.05, 0) is 46.3 Å². The molecule has 0 aliphatic rings. The van der Waals surface area contributed by atoms with Crippen molar-refractivity contribution in [1.82, 2.24) is 9.97 Å². The first-order valence-electron chi connectivity index (χ1n) is 5.70. The minimum atomic E-state index is 0.210. The maximum atomic E-state index is 9.50. The van der Waals surface area contributed by atoms with Crippen LogP contribution in [0.2, 0.25) is 0 Å². The van der Waals surface area contributed by atoms with Gasteiger partial charge in [0, 0.05) is 11.6 Å². The van der Waals surface area contributed by atoms with Crippen LogP contribution in [0.1, 0.15) is 0 Å². The van der Waals surface area contributed by atoms with Crippen LogP contribution in [0, 0.1) is 0 Å². The van der Waals surface area contributed by atoms with E-state index in [1.54, 1.807) is 13.2 Å². The molecule has 0 unspecified atom stereocenters. The molecule has 0 atom stereocenters. The Kier molecular flexibility index (Phi) is 2.91. The zero-order valence-corrected chi connectivity index (χ0v) is 11.7. The number of rotatable bonds is 2. The minimum absolute atomic E-state index is 0.210. The number of hydrogen-bond acceptors (Lipinski definition) is 3. The Morgan fingerprint density at radius 3 is 2.79 bits per heavy atom. The molecule has 0 saturated carbocycles. The normalized spacial score (nSPS) is 10.8. The lowest BCUT2D eigenvalue weighted by atomic mass is 10.2. The lowest BCUT2D eigenvalue weighted by Crippen LogP contribution is -1.81. The predicted molar refractivity (Wildman–Crippen MR) is 77.4 cm³/mol. The number of methoxy groups -OCH3 is 1. The number of aromatic amines is 1. The summed E-state index contributed by atoms with van der Waals surface area (Å²) in [6.07, 6.45) is 0. The molecule has 0 aliphatic carbocycles. The standard InChI is InChI=1S/C14H11BrN2O2/c1-19-9-3-4-11-12(7-9)17-14(16-11)8-2-5-13(18)10(15)6-8/h2-7,18H,1H3,(H,16,17). The van der Waals surface area contributed by atoms with Gasteiger partial charge in [-0.25, -0.2) is 4.98 Å². The van der Waals surface area contributed by atoms with Gasteiger partial charge in [0.05, 0.1) is 22.6 Å². The number of nitrogens with zero attached hydrogens (tertiary/aromatic N) is 1. The third-order valence-corrected chi connectivity index (χ3v) is 3.55. The summed E-state index contributed by atoms with van der Waals surface area (Å²) in [5.41, 5.74) is 2.69. The zero-order valence-electron chi connectivity index (χ0n) is 10.1. The second-order valence-corrected chi connectivity index (χ2v) is 4.99. The number of benzene rings is 2. The number of fused-ring (bicyclic) bond motifs is 1. The van der Waals surface area contributed by atoms with Crippen LogP contribution in [0.5, 0.6) is 11.5 Å². The average molecular weight is 319 g/mol. The molecule has 0 aliphatic heterocycles. The molecule has 19 heavy (non-hydrogen) atoms. The second kappa shape index (κ2) is 4.59. The third-order valence-electron chi connectivity index (χ3n) is 2.91. The van der Waals surface area contributed by atoms with Gasteiger partial charge in [-0.15, -0.1) is 0 Å². The van der Waals surface area contributed by atoms with Gasteiger partial charge in [0.1, 0.15) is 17.3 Å². The highest BCUT2D eigenvalue weighted by molar-refractivity contribution is 9.10. The lowest BCUT2D eigenvalue weighted by Gasteiger charge is -1.99. The molecule has 0 bridgehead atoms. The summed E-state index contributed by atoms with van der Waals surface area (Å²) in [6, 6.07) is 11.0. The van der Waals surface area contributed by atoms with E-state index in [4.69, 9.17) is 4.74 Å². The Morgan fingerprint density at radius 2 is 2.05 bits per heavy atom. The number of halogens is 1. The molecular weight excluding hydrogens is 308 g/mol. The Balaban J connectivity index is 2.11. The van der Waals surface area contributed by atoms with Gasteiger partial charge in [0.25, 0.3) is 0 Å². The number of aromatic hydroxyl groups is 1. The van der Waals surface area contributed by atoms with Crippen LogP contribution < -0.4 is 4.74 Å². The molecule has 5 heteroatoms. The van der Waals surface area contributed by atoms with E-state index in [2.05, 4.69) is 25.9 Å². The van der Waals surface area contributed by atoms with Gasteiger partial charge in [0.2, 0.25) is 0 Å². The number of hydrogen-bond donors (Lipinski definition) is 2. The van der Waals surface area contributed by atoms with E-state index in [1.807, 2.05) is 30.3 Å². The quantitative estimate of drug-likeness (QED) is 0.757. The third kappa shape index (κ3) is 2.17. The number of phenols is 1. The Bertz CT molecular complexity index is 752. The van der Waals surface area contributed by atoms with Crippen molar-refractivity contribution in [3.8, 4) is 22.9 Å². The lowest BCUT2D eigenvalue weighted by molar-refractivity contribution is 0.415. The highest BCUT2D eigenvalue weighted by Crippen LogP contribution is 2.30. The molecule has 2 aromatic carbocycles. The van der Waals surface area contributed by atoms with Crippen molar-refractivity contribution in [2.24, 2.45) is 0 Å². The summed E-state index contributed by atoms with van der Waals surface area (Å²) in [6.45, 7) is 0. The molecule has 0 radical (unpaired) electrons. The molecule has 1 heterocycles. The molecule has 1 aromatic heterocycles. The number of ether oxygens (including phenoxy) is 1. The summed E-state index contributed by atoms with van der Waals surface area (Å²) in [5.74, 6) is 1.75. The van der Waals surface area contributed by atoms with E-state index in [9.17, 15) is 5.11 Å². The van der Waals surface area contributed by atoms with Gasteiger partial charge in [-0.3, -0.25) is 0 Å². The van der Waals surface area contributed by atoms with Crippen molar-refractivity contribution in [3.63, 3.8) is 0 Å². The van der Waals surface area contributed by atoms with E-state index >= 15 is 0 Å². The molecule has 0 amide bonds. The van der Waals surface area contributed by atoms with Gasteiger partial charge < -0.3 is 14.8 Å². The van der Waals surface area contributed by atoms with Gasteiger partial charge in [-0.2, -0.15) is 0 Å². The van der Waals surface area contributed by atoms with E-state index in [0.717, 1.165) is 28.2 Å². The SMILES string of the molecule is COc1ccc2nc(-c3ccc(O)c(Br)c3)[nH]c2c1. The summed E-state index contributed by atoms with van der Waals surface area (Å²) in [4.78, 5) is 7.76. The maximum Gasteiger partial charge on any atom is 0.138 e. The Labute approximate surface area is 118 Å². The van der Waals surface area contributed by atoms with Crippen LogP contribution in [0.25, 0.3) is 22.4 Å². The number of H-pyrrole nitrogens is 1. The smallest absolute Gasteiger partial charge is 0.138 e. The van der Waals surface area contributed by atoms with Crippen molar-refractivity contribution in [2.75, 3.05) is 7.11 Å². The van der Waals surface area contributed by atoms with Gasteiger partial charge in [0.15, 0.2) is 0 Å². The Hall–Kier alpha value is -2.01. The topological polar surface area (TPSA) is 58.1 Å². The van der Waals surface area contributed by atoms with E-state index in [0.29, 0.717) is 4.47 Å². The van der Waals surface area contributed by atoms with Crippen molar-refractivity contribution in [2.45, 2.75) is 0 Å². The molecular formula is C14H11BrN2O2. The maximum absolute atomic E-state index is 9.50. The van der Waals surface area contributed by atoms with E-state index in [1.165, 1.54) is 0 Å². The predicted octanol–water partition coefficient (Wildman–Crippen LogP) is 3.71. The van der Waals surface area contributed by atoms with E-state index < -0.39 is 0 Å². The van der Waals surface area contributed by atoms with Crippen molar-refractivity contribution in [3.05, 3.63) is 40.9 Å². The van der Waals surface area contributed by atoms with Crippen molar-refractivity contribution in [1.29, 1.82) is 0 Å². The summed E-state index contributed by atoms with van der Waals surface area (Å²) < 4.78 is 5.83. The fourth-order valence-electron chi connectivity index (χ4n) is 1.91. The fourth-order valence-corrected chi connectivity index (χ4v) is 2.29. The van der Waals surface area contributed by atoms with Gasteiger partial charge in [-0.1, -0.05) is 0 Å². The van der Waals surface area contributed by atoms with Crippen LogP contribution in [-0.2, 0) is 0 Å². The summed E-state index contributed by atoms with van der Waals surface area (Å²) in [7, 11) is 1.63. The summed E-state index contributed by atoms with van der Waals surface area (Å²) >= 11 is 3.30. The number of phenolic OH excluding ortho intramolecular Hbond substituents is 1. The highest BCUT2D eigenvalue weighted by atomic mass is 79.9.